The van der Waals surface area contributed by atoms with E-state index in [1.165, 1.54) is 59.3 Å². The van der Waals surface area contributed by atoms with Crippen molar-refractivity contribution in [1.82, 2.24) is 0 Å². The monoisotopic (exact) mass is 766 g/mol. The Balaban J connectivity index is 1.65. The normalized spacial score (nSPS) is 10.8. The molecule has 0 radical (unpaired) electrons. The van der Waals surface area contributed by atoms with Gasteiger partial charge in [0.2, 0.25) is 0 Å². The highest BCUT2D eigenvalue weighted by Crippen LogP contribution is 2.44. The summed E-state index contributed by atoms with van der Waals surface area (Å²) in [5.41, 5.74) is 1.24. The average Bonchev–Trinajstić information content (AvgIpc) is 3.05. The maximum atomic E-state index is 13.5. The Bertz CT molecular complexity index is 2120. The number of aromatic carboxylic acids is 1. The summed E-state index contributed by atoms with van der Waals surface area (Å²) in [5, 5.41) is 41.7. The molecule has 0 heterocycles. The summed E-state index contributed by atoms with van der Waals surface area (Å²) in [6.45, 7) is 10.7. The third kappa shape index (κ3) is 6.99. The van der Waals surface area contributed by atoms with Crippen molar-refractivity contribution in [2.45, 2.75) is 48.5 Å². The number of benzene rings is 4. The second-order valence-corrected chi connectivity index (χ2v) is 12.5. The number of carbonyl (C=O) groups is 4. The van der Waals surface area contributed by atoms with Crippen LogP contribution in [0.25, 0.3) is 0 Å². The molecule has 0 unspecified atom stereocenters. The Morgan fingerprint density at radius 3 is 1.59 bits per heavy atom. The Labute approximate surface area is 301 Å². The van der Waals surface area contributed by atoms with Gasteiger partial charge in [-0.05, 0) is 110 Å². The van der Waals surface area contributed by atoms with Gasteiger partial charge in [0.05, 0.1) is 14.2 Å². The van der Waals surface area contributed by atoms with E-state index in [9.17, 15) is 39.6 Å². The smallest absolute Gasteiger partial charge is 0.347 e. The van der Waals surface area contributed by atoms with Crippen molar-refractivity contribution >= 4 is 39.8 Å². The molecule has 0 fully saturated rings. The second kappa shape index (κ2) is 14.6. The van der Waals surface area contributed by atoms with Crippen molar-refractivity contribution in [3.63, 3.8) is 0 Å². The van der Waals surface area contributed by atoms with Gasteiger partial charge in [0.25, 0.3) is 0 Å². The summed E-state index contributed by atoms with van der Waals surface area (Å²) < 4.78 is 27.1. The van der Waals surface area contributed by atoms with Gasteiger partial charge < -0.3 is 44.1 Å². The van der Waals surface area contributed by atoms with Crippen LogP contribution in [0.5, 0.6) is 46.0 Å². The Hall–Kier alpha value is -5.76. The highest BCUT2D eigenvalue weighted by atomic mass is 79.9. The van der Waals surface area contributed by atoms with Crippen molar-refractivity contribution in [3.8, 4) is 46.0 Å². The molecule has 0 bridgehead atoms. The number of rotatable bonds is 9. The number of carbonyl (C=O) groups excluding carboxylic acids is 3. The van der Waals surface area contributed by atoms with Crippen LogP contribution in [0.4, 0.5) is 0 Å². The quantitative estimate of drug-likeness (QED) is 0.0996. The summed E-state index contributed by atoms with van der Waals surface area (Å²) in [6.07, 6.45) is 0. The van der Waals surface area contributed by atoms with Gasteiger partial charge in [0, 0.05) is 17.7 Å². The Morgan fingerprint density at radius 2 is 1.02 bits per heavy atom. The zero-order chi connectivity index (χ0) is 38.2. The minimum atomic E-state index is -1.22. The van der Waals surface area contributed by atoms with Crippen LogP contribution in [-0.4, -0.2) is 58.5 Å². The first-order chi connectivity index (χ1) is 23.9. The molecule has 0 aliphatic heterocycles. The fourth-order valence-electron chi connectivity index (χ4n) is 5.51. The standard InChI is InChI=1S/C37H35BrO13/c1-14-10-21(39)12-24(47-8)26(14)35(44)51-33-19(6)18(5)29(32(41)30(33)38)37(46)49-22-11-15(2)27(31(40)20(22)7)36(45)50-23-13-25(48-9)28(34(42)43)17(4)16(23)3/h10-13,39-41H,1-9H3,(H,42,43). The molecule has 13 nitrogen and oxygen atoms in total. The van der Waals surface area contributed by atoms with E-state index in [1.54, 1.807) is 27.7 Å². The summed E-state index contributed by atoms with van der Waals surface area (Å²) in [6, 6.07) is 5.23. The van der Waals surface area contributed by atoms with E-state index in [4.69, 9.17) is 23.7 Å². The molecule has 0 saturated carbocycles. The van der Waals surface area contributed by atoms with Gasteiger partial charge >= 0.3 is 23.9 Å². The number of hydrogen-bond donors (Lipinski definition) is 4. The summed E-state index contributed by atoms with van der Waals surface area (Å²) >= 11 is 3.22. The molecule has 0 amide bonds. The number of aromatic hydroxyl groups is 3. The number of hydrogen-bond acceptors (Lipinski definition) is 12. The molecule has 4 N–H and O–H groups in total. The number of carboxylic acids is 1. The van der Waals surface area contributed by atoms with E-state index in [-0.39, 0.29) is 77.9 Å². The van der Waals surface area contributed by atoms with Crippen LogP contribution >= 0.6 is 15.9 Å². The largest absolute Gasteiger partial charge is 0.508 e. The number of ether oxygens (including phenoxy) is 5. The maximum absolute atomic E-state index is 13.5. The molecule has 0 atom stereocenters. The molecule has 4 aromatic carbocycles. The van der Waals surface area contributed by atoms with Crippen molar-refractivity contribution in [2.24, 2.45) is 0 Å². The van der Waals surface area contributed by atoms with Gasteiger partial charge in [-0.3, -0.25) is 0 Å². The highest BCUT2D eigenvalue weighted by Gasteiger charge is 2.30. The van der Waals surface area contributed by atoms with E-state index >= 15 is 0 Å². The number of aryl methyl sites for hydroxylation is 2. The molecule has 4 rings (SSSR count). The number of halogens is 1. The van der Waals surface area contributed by atoms with Gasteiger partial charge in [-0.15, -0.1) is 0 Å². The molecule has 0 aromatic heterocycles. The fraction of sp³-hybridized carbons (Fsp3) is 0.243. The van der Waals surface area contributed by atoms with Crippen LogP contribution in [0.2, 0.25) is 0 Å². The molecule has 0 aliphatic carbocycles. The van der Waals surface area contributed by atoms with E-state index in [2.05, 4.69) is 15.9 Å². The lowest BCUT2D eigenvalue weighted by Gasteiger charge is -2.19. The van der Waals surface area contributed by atoms with Crippen LogP contribution in [0, 0.1) is 48.5 Å². The molecule has 51 heavy (non-hydrogen) atoms. The summed E-state index contributed by atoms with van der Waals surface area (Å²) in [4.78, 5) is 51.8. The molecule has 0 saturated heterocycles. The number of carboxylic acid groups (broad SMARTS) is 1. The van der Waals surface area contributed by atoms with Crippen molar-refractivity contribution in [2.75, 3.05) is 14.2 Å². The van der Waals surface area contributed by atoms with E-state index in [0.717, 1.165) is 0 Å². The number of phenols is 3. The lowest BCUT2D eigenvalue weighted by molar-refractivity contribution is 0.0687. The zero-order valence-electron chi connectivity index (χ0n) is 29.2. The van der Waals surface area contributed by atoms with Crippen molar-refractivity contribution < 1.29 is 63.3 Å². The summed E-state index contributed by atoms with van der Waals surface area (Å²) in [5.74, 6) is -5.40. The predicted octanol–water partition coefficient (Wildman–Crippen LogP) is 7.10. The Morgan fingerprint density at radius 1 is 0.529 bits per heavy atom. The Kier molecular flexibility index (Phi) is 10.9. The van der Waals surface area contributed by atoms with E-state index in [0.29, 0.717) is 22.3 Å². The topological polar surface area (TPSA) is 195 Å². The zero-order valence-corrected chi connectivity index (χ0v) is 30.7. The van der Waals surface area contributed by atoms with Crippen LogP contribution in [0.3, 0.4) is 0 Å². The molecule has 4 aromatic rings. The molecule has 14 heteroatoms. The SMILES string of the molecule is COc1cc(O)cc(C)c1C(=O)Oc1c(C)c(C)c(C(=O)Oc2cc(C)c(C(=O)Oc3cc(OC)c(C(=O)O)c(C)c3C)c(O)c2C)c(O)c1Br. The van der Waals surface area contributed by atoms with Gasteiger partial charge in [-0.1, -0.05) is 0 Å². The van der Waals surface area contributed by atoms with Crippen LogP contribution in [0.1, 0.15) is 80.4 Å². The molecule has 0 aliphatic rings. The average molecular weight is 768 g/mol. The van der Waals surface area contributed by atoms with Gasteiger partial charge in [0.15, 0.2) is 5.75 Å². The number of esters is 3. The van der Waals surface area contributed by atoms with Crippen LogP contribution in [-0.2, 0) is 0 Å². The third-order valence-corrected chi connectivity index (χ3v) is 9.33. The van der Waals surface area contributed by atoms with Gasteiger partial charge in [0.1, 0.15) is 67.0 Å². The second-order valence-electron chi connectivity index (χ2n) is 11.7. The predicted molar refractivity (Wildman–Crippen MR) is 187 cm³/mol. The van der Waals surface area contributed by atoms with Crippen molar-refractivity contribution in [3.05, 3.63) is 89.9 Å². The first-order valence-corrected chi connectivity index (χ1v) is 16.0. The van der Waals surface area contributed by atoms with Gasteiger partial charge in [-0.25, -0.2) is 19.2 Å². The maximum Gasteiger partial charge on any atom is 0.347 e. The van der Waals surface area contributed by atoms with E-state index in [1.807, 2.05) is 0 Å². The molecular weight excluding hydrogens is 732 g/mol. The lowest BCUT2D eigenvalue weighted by atomic mass is 10.00. The minimum absolute atomic E-state index is 0.00398. The number of methoxy groups -OCH3 is 2. The minimum Gasteiger partial charge on any atom is -0.508 e. The third-order valence-electron chi connectivity index (χ3n) is 8.59. The van der Waals surface area contributed by atoms with Gasteiger partial charge in [-0.2, -0.15) is 0 Å². The lowest BCUT2D eigenvalue weighted by Crippen LogP contribution is -2.17. The van der Waals surface area contributed by atoms with Crippen LogP contribution in [0.15, 0.2) is 28.7 Å². The molecule has 0 spiro atoms. The molecule has 268 valence electrons. The fourth-order valence-corrected chi connectivity index (χ4v) is 6.09. The summed E-state index contributed by atoms with van der Waals surface area (Å²) in [7, 11) is 2.61. The van der Waals surface area contributed by atoms with E-state index < -0.39 is 35.4 Å². The van der Waals surface area contributed by atoms with Crippen molar-refractivity contribution in [1.29, 1.82) is 0 Å². The number of phenolic OH excluding ortho intramolecular Hbond substituents is 3. The molecular formula is C37H35BrO13. The first kappa shape index (κ1) is 38.0. The van der Waals surface area contributed by atoms with Crippen LogP contribution < -0.4 is 23.7 Å². The first-order valence-electron chi connectivity index (χ1n) is 15.2. The highest BCUT2D eigenvalue weighted by molar-refractivity contribution is 9.10.